The van der Waals surface area contributed by atoms with Gasteiger partial charge in [-0.05, 0) is 61.8 Å². The van der Waals surface area contributed by atoms with E-state index in [-0.39, 0.29) is 10.3 Å². The number of sulfonamides is 1. The van der Waals surface area contributed by atoms with E-state index in [2.05, 4.69) is 0 Å². The van der Waals surface area contributed by atoms with Gasteiger partial charge in [0.25, 0.3) is 0 Å². The number of benzene rings is 1. The quantitative estimate of drug-likeness (QED) is 0.839. The first-order valence-corrected chi connectivity index (χ1v) is 9.21. The maximum atomic E-state index is 13.5. The largest absolute Gasteiger partial charge is 0.381 e. The molecule has 6 heteroatoms. The van der Waals surface area contributed by atoms with Gasteiger partial charge in [0.15, 0.2) is 0 Å². The van der Waals surface area contributed by atoms with Crippen molar-refractivity contribution >= 4 is 10.0 Å². The summed E-state index contributed by atoms with van der Waals surface area (Å²) in [4.78, 5) is 0.0629. The van der Waals surface area contributed by atoms with Crippen LogP contribution in [0.3, 0.4) is 0 Å². The maximum absolute atomic E-state index is 13.5. The van der Waals surface area contributed by atoms with E-state index in [9.17, 15) is 12.8 Å². The molecule has 3 rings (SSSR count). The Kier molecular flexibility index (Phi) is 4.27. The summed E-state index contributed by atoms with van der Waals surface area (Å²) in [6.07, 6.45) is 3.76. The predicted octanol–water partition coefficient (Wildman–Crippen LogP) is 2.72. The third-order valence-electron chi connectivity index (χ3n) is 4.99. The highest BCUT2D eigenvalue weighted by Crippen LogP contribution is 2.41. The number of piperidine rings is 1. The van der Waals surface area contributed by atoms with Crippen LogP contribution in [-0.4, -0.2) is 39.0 Å². The molecule has 2 aliphatic heterocycles. The summed E-state index contributed by atoms with van der Waals surface area (Å²) in [5, 5.41) is 0. The highest BCUT2D eigenvalue weighted by molar-refractivity contribution is 7.89. The number of nitrogens with zero attached hydrogens (tertiary/aromatic N) is 1. The molecule has 22 heavy (non-hydrogen) atoms. The van der Waals surface area contributed by atoms with Gasteiger partial charge >= 0.3 is 0 Å². The van der Waals surface area contributed by atoms with Crippen LogP contribution in [0.5, 0.6) is 0 Å². The number of rotatable bonds is 2. The zero-order valence-corrected chi connectivity index (χ0v) is 13.7. The van der Waals surface area contributed by atoms with Crippen molar-refractivity contribution in [1.29, 1.82) is 0 Å². The highest BCUT2D eigenvalue weighted by Gasteiger charge is 2.39. The molecule has 0 radical (unpaired) electrons. The normalized spacial score (nSPS) is 22.8. The number of aryl methyl sites for hydroxylation is 1. The van der Waals surface area contributed by atoms with Crippen molar-refractivity contribution in [1.82, 2.24) is 4.31 Å². The lowest BCUT2D eigenvalue weighted by Gasteiger charge is -2.43. The van der Waals surface area contributed by atoms with Crippen molar-refractivity contribution < 1.29 is 17.5 Å². The third kappa shape index (κ3) is 3.05. The number of halogens is 1. The molecule has 0 bridgehead atoms. The smallest absolute Gasteiger partial charge is 0.243 e. The average molecular weight is 327 g/mol. The van der Waals surface area contributed by atoms with Crippen LogP contribution in [0.4, 0.5) is 4.39 Å². The van der Waals surface area contributed by atoms with Gasteiger partial charge in [-0.25, -0.2) is 12.8 Å². The molecule has 0 amide bonds. The molecule has 1 spiro atoms. The fraction of sp³-hybridized carbons (Fsp3) is 0.625. The number of ether oxygens (including phenoxy) is 1. The zero-order chi connectivity index (χ0) is 15.8. The molecule has 0 N–H and O–H groups in total. The Balaban J connectivity index is 1.77. The van der Waals surface area contributed by atoms with Gasteiger partial charge in [0, 0.05) is 26.3 Å². The molecule has 1 aromatic carbocycles. The number of hydrogen-bond acceptors (Lipinski definition) is 3. The summed E-state index contributed by atoms with van der Waals surface area (Å²) in [5.41, 5.74) is 0.860. The molecule has 2 saturated heterocycles. The lowest BCUT2D eigenvalue weighted by Crippen LogP contribution is -2.45. The standard InChI is InChI=1S/C16H22FNO3S/c1-13-10-14(17)12-15(11-13)22(19,20)18-6-2-16(3-7-18)4-8-21-9-5-16/h10-12H,2-9H2,1H3. The second-order valence-corrected chi connectivity index (χ2v) is 8.42. The van der Waals surface area contributed by atoms with Crippen molar-refractivity contribution in [3.63, 3.8) is 0 Å². The molecule has 0 unspecified atom stereocenters. The van der Waals surface area contributed by atoms with Crippen molar-refractivity contribution in [3.8, 4) is 0 Å². The Hall–Kier alpha value is -0.980. The van der Waals surface area contributed by atoms with Gasteiger partial charge in [0.2, 0.25) is 10.0 Å². The molecular formula is C16H22FNO3S. The SMILES string of the molecule is Cc1cc(F)cc(S(=O)(=O)N2CCC3(CCOCC3)CC2)c1. The van der Waals surface area contributed by atoms with Gasteiger partial charge in [-0.1, -0.05) is 0 Å². The fourth-order valence-corrected chi connectivity index (χ4v) is 5.06. The van der Waals surface area contributed by atoms with E-state index in [0.717, 1.165) is 45.0 Å². The molecule has 1 aromatic rings. The zero-order valence-electron chi connectivity index (χ0n) is 12.8. The summed E-state index contributed by atoms with van der Waals surface area (Å²) < 4.78 is 45.8. The molecule has 2 heterocycles. The van der Waals surface area contributed by atoms with Crippen molar-refractivity contribution in [3.05, 3.63) is 29.6 Å². The van der Waals surface area contributed by atoms with Gasteiger partial charge in [-0.3, -0.25) is 0 Å². The molecule has 0 atom stereocenters. The van der Waals surface area contributed by atoms with Crippen LogP contribution in [0, 0.1) is 18.2 Å². The van der Waals surface area contributed by atoms with E-state index < -0.39 is 15.8 Å². The molecule has 4 nitrogen and oxygen atoms in total. The van der Waals surface area contributed by atoms with Gasteiger partial charge < -0.3 is 4.74 Å². The van der Waals surface area contributed by atoms with E-state index in [1.165, 1.54) is 16.4 Å². The summed E-state index contributed by atoms with van der Waals surface area (Å²) in [5.74, 6) is -0.503. The van der Waals surface area contributed by atoms with Gasteiger partial charge in [0.05, 0.1) is 4.90 Å². The molecule has 2 fully saturated rings. The van der Waals surface area contributed by atoms with Crippen LogP contribution in [0.15, 0.2) is 23.1 Å². The molecule has 122 valence electrons. The summed E-state index contributed by atoms with van der Waals surface area (Å²) in [7, 11) is -3.60. The van der Waals surface area contributed by atoms with Crippen LogP contribution in [0.1, 0.15) is 31.2 Å². The first-order chi connectivity index (χ1) is 10.4. The average Bonchev–Trinajstić information content (AvgIpc) is 2.47. The third-order valence-corrected chi connectivity index (χ3v) is 6.87. The summed E-state index contributed by atoms with van der Waals surface area (Å²) >= 11 is 0. The van der Waals surface area contributed by atoms with Crippen LogP contribution in [0.25, 0.3) is 0 Å². The van der Waals surface area contributed by atoms with Gasteiger partial charge in [-0.2, -0.15) is 4.31 Å². The minimum atomic E-state index is -3.60. The van der Waals surface area contributed by atoms with Crippen LogP contribution >= 0.6 is 0 Å². The molecule has 2 aliphatic rings. The molecular weight excluding hydrogens is 305 g/mol. The Morgan fingerprint density at radius 2 is 1.73 bits per heavy atom. The second-order valence-electron chi connectivity index (χ2n) is 6.48. The fourth-order valence-electron chi connectivity index (χ4n) is 3.51. The van der Waals surface area contributed by atoms with E-state index in [4.69, 9.17) is 4.74 Å². The van der Waals surface area contributed by atoms with Gasteiger partial charge in [-0.15, -0.1) is 0 Å². The summed E-state index contributed by atoms with van der Waals surface area (Å²) in [6, 6.07) is 3.99. The Bertz CT molecular complexity index is 623. The maximum Gasteiger partial charge on any atom is 0.243 e. The molecule has 0 aliphatic carbocycles. The van der Waals surface area contributed by atoms with E-state index in [1.54, 1.807) is 6.92 Å². The van der Waals surface area contributed by atoms with E-state index in [0.29, 0.717) is 18.7 Å². The topological polar surface area (TPSA) is 46.6 Å². The Labute approximate surface area is 131 Å². The van der Waals surface area contributed by atoms with Crippen LogP contribution in [-0.2, 0) is 14.8 Å². The van der Waals surface area contributed by atoms with Crippen LogP contribution in [0.2, 0.25) is 0 Å². The monoisotopic (exact) mass is 327 g/mol. The first kappa shape index (κ1) is 15.9. The Morgan fingerprint density at radius 1 is 1.09 bits per heavy atom. The lowest BCUT2D eigenvalue weighted by atomic mass is 9.73. The predicted molar refractivity (Wildman–Crippen MR) is 81.6 cm³/mol. The Morgan fingerprint density at radius 3 is 2.32 bits per heavy atom. The van der Waals surface area contributed by atoms with E-state index in [1.807, 2.05) is 0 Å². The van der Waals surface area contributed by atoms with E-state index >= 15 is 0 Å². The van der Waals surface area contributed by atoms with Crippen molar-refractivity contribution in [2.45, 2.75) is 37.5 Å². The minimum absolute atomic E-state index is 0.0629. The highest BCUT2D eigenvalue weighted by atomic mass is 32.2. The van der Waals surface area contributed by atoms with Crippen molar-refractivity contribution in [2.24, 2.45) is 5.41 Å². The second kappa shape index (κ2) is 5.91. The van der Waals surface area contributed by atoms with Crippen molar-refractivity contribution in [2.75, 3.05) is 26.3 Å². The first-order valence-electron chi connectivity index (χ1n) is 7.77. The molecule has 0 aromatic heterocycles. The van der Waals surface area contributed by atoms with Crippen LogP contribution < -0.4 is 0 Å². The lowest BCUT2D eigenvalue weighted by molar-refractivity contribution is -0.00999. The molecule has 0 saturated carbocycles. The number of hydrogen-bond donors (Lipinski definition) is 0. The summed E-state index contributed by atoms with van der Waals surface area (Å²) in [6.45, 7) is 4.27. The van der Waals surface area contributed by atoms with Gasteiger partial charge in [0.1, 0.15) is 5.82 Å². The minimum Gasteiger partial charge on any atom is -0.381 e.